The molecule has 1 unspecified atom stereocenters. The standard InChI is InChI=1S/C21H29ClN4O2/c1-14(2)26(20(28)19(22)15-10-8-7-9-11-15)13-18(27)23-17-12-16(21(3,4)5)24-25(17)6/h7-12,14,19H,13H2,1-6H3,(H,23,27). The number of anilines is 1. The van der Waals surface area contributed by atoms with Gasteiger partial charge in [-0.25, -0.2) is 0 Å². The molecule has 2 aromatic rings. The number of carbonyl (C=O) groups is 2. The Labute approximate surface area is 171 Å². The molecule has 28 heavy (non-hydrogen) atoms. The second-order valence-corrected chi connectivity index (χ2v) is 8.61. The van der Waals surface area contributed by atoms with Crippen molar-refractivity contribution < 1.29 is 9.59 Å². The molecule has 1 aromatic heterocycles. The molecule has 1 atom stereocenters. The molecule has 0 aliphatic rings. The highest BCUT2D eigenvalue weighted by atomic mass is 35.5. The van der Waals surface area contributed by atoms with Crippen molar-refractivity contribution in [2.45, 2.75) is 51.5 Å². The maximum absolute atomic E-state index is 12.9. The van der Waals surface area contributed by atoms with Gasteiger partial charge in [-0.2, -0.15) is 5.10 Å². The van der Waals surface area contributed by atoms with Gasteiger partial charge in [-0.15, -0.1) is 11.6 Å². The summed E-state index contributed by atoms with van der Waals surface area (Å²) in [5, 5.41) is 6.47. The third-order valence-electron chi connectivity index (χ3n) is 4.45. The summed E-state index contributed by atoms with van der Waals surface area (Å²) in [6.07, 6.45) is 0. The molecule has 2 rings (SSSR count). The lowest BCUT2D eigenvalue weighted by Gasteiger charge is -2.28. The first-order valence-electron chi connectivity index (χ1n) is 9.34. The zero-order chi connectivity index (χ0) is 21.1. The summed E-state index contributed by atoms with van der Waals surface area (Å²) in [7, 11) is 1.78. The van der Waals surface area contributed by atoms with Gasteiger partial charge in [0.05, 0.1) is 5.69 Å². The van der Waals surface area contributed by atoms with E-state index in [4.69, 9.17) is 11.6 Å². The van der Waals surface area contributed by atoms with E-state index >= 15 is 0 Å². The molecular weight excluding hydrogens is 376 g/mol. The number of halogens is 1. The quantitative estimate of drug-likeness (QED) is 0.743. The number of hydrogen-bond acceptors (Lipinski definition) is 3. The van der Waals surface area contributed by atoms with Crippen LogP contribution in [0.2, 0.25) is 0 Å². The van der Waals surface area contributed by atoms with Crippen molar-refractivity contribution in [3.05, 3.63) is 47.7 Å². The lowest BCUT2D eigenvalue weighted by atomic mass is 9.92. The van der Waals surface area contributed by atoms with Crippen LogP contribution in [-0.2, 0) is 22.1 Å². The SMILES string of the molecule is CC(C)N(CC(=O)Nc1cc(C(C)(C)C)nn1C)C(=O)C(Cl)c1ccccc1. The third-order valence-corrected chi connectivity index (χ3v) is 4.88. The second kappa shape index (κ2) is 8.78. The molecule has 152 valence electrons. The van der Waals surface area contributed by atoms with Crippen LogP contribution in [0.25, 0.3) is 0 Å². The number of amides is 2. The second-order valence-electron chi connectivity index (χ2n) is 8.17. The summed E-state index contributed by atoms with van der Waals surface area (Å²) in [6, 6.07) is 10.8. The molecule has 1 heterocycles. The summed E-state index contributed by atoms with van der Waals surface area (Å²) in [4.78, 5) is 27.0. The first-order chi connectivity index (χ1) is 13.0. The van der Waals surface area contributed by atoms with Crippen molar-refractivity contribution in [3.63, 3.8) is 0 Å². The molecule has 0 aliphatic carbocycles. The van der Waals surface area contributed by atoms with Crippen molar-refractivity contribution in [1.82, 2.24) is 14.7 Å². The lowest BCUT2D eigenvalue weighted by molar-refractivity contribution is -0.136. The monoisotopic (exact) mass is 404 g/mol. The van der Waals surface area contributed by atoms with Gasteiger partial charge in [0.15, 0.2) is 0 Å². The Morgan fingerprint density at radius 3 is 2.32 bits per heavy atom. The van der Waals surface area contributed by atoms with Crippen LogP contribution in [0, 0.1) is 0 Å². The molecule has 7 heteroatoms. The molecular formula is C21H29ClN4O2. The van der Waals surface area contributed by atoms with Crippen LogP contribution in [0.5, 0.6) is 0 Å². The van der Waals surface area contributed by atoms with Crippen molar-refractivity contribution >= 4 is 29.2 Å². The first kappa shape index (κ1) is 22.0. The Bertz CT molecular complexity index is 825. The van der Waals surface area contributed by atoms with Crippen molar-refractivity contribution in [1.29, 1.82) is 0 Å². The van der Waals surface area contributed by atoms with Crippen LogP contribution >= 0.6 is 11.6 Å². The number of benzene rings is 1. The van der Waals surface area contributed by atoms with Crippen molar-refractivity contribution in [2.24, 2.45) is 7.05 Å². The van der Waals surface area contributed by atoms with E-state index in [1.807, 2.05) is 38.1 Å². The summed E-state index contributed by atoms with van der Waals surface area (Å²) < 4.78 is 1.63. The van der Waals surface area contributed by atoms with E-state index in [1.54, 1.807) is 23.9 Å². The Morgan fingerprint density at radius 1 is 1.21 bits per heavy atom. The van der Waals surface area contributed by atoms with Gasteiger partial charge in [0, 0.05) is 24.6 Å². The highest BCUT2D eigenvalue weighted by molar-refractivity contribution is 6.30. The molecule has 6 nitrogen and oxygen atoms in total. The molecule has 1 aromatic carbocycles. The fraction of sp³-hybridized carbons (Fsp3) is 0.476. The number of aromatic nitrogens is 2. The molecule has 0 bridgehead atoms. The normalized spacial score (nSPS) is 12.7. The predicted molar refractivity (Wildman–Crippen MR) is 112 cm³/mol. The van der Waals surface area contributed by atoms with E-state index in [-0.39, 0.29) is 29.8 Å². The molecule has 0 spiro atoms. The van der Waals surface area contributed by atoms with Gasteiger partial charge in [0.1, 0.15) is 17.7 Å². The zero-order valence-corrected chi connectivity index (χ0v) is 18.1. The average molecular weight is 405 g/mol. The first-order valence-corrected chi connectivity index (χ1v) is 9.78. The minimum absolute atomic E-state index is 0.0808. The van der Waals surface area contributed by atoms with E-state index in [0.717, 1.165) is 5.69 Å². The van der Waals surface area contributed by atoms with Gasteiger partial charge in [0.2, 0.25) is 11.8 Å². The molecule has 2 amide bonds. The zero-order valence-electron chi connectivity index (χ0n) is 17.4. The molecule has 0 saturated carbocycles. The fourth-order valence-corrected chi connectivity index (χ4v) is 2.98. The Morgan fingerprint density at radius 2 is 1.82 bits per heavy atom. The van der Waals surface area contributed by atoms with Crippen LogP contribution in [0.3, 0.4) is 0 Å². The Hall–Kier alpha value is -2.34. The molecule has 0 radical (unpaired) electrons. The van der Waals surface area contributed by atoms with Gasteiger partial charge < -0.3 is 10.2 Å². The van der Waals surface area contributed by atoms with E-state index < -0.39 is 5.38 Å². The molecule has 0 saturated heterocycles. The fourth-order valence-electron chi connectivity index (χ4n) is 2.71. The summed E-state index contributed by atoms with van der Waals surface area (Å²) >= 11 is 6.38. The van der Waals surface area contributed by atoms with Crippen LogP contribution in [0.1, 0.15) is 51.3 Å². The number of nitrogens with one attached hydrogen (secondary N) is 1. The number of hydrogen-bond donors (Lipinski definition) is 1. The van der Waals surface area contributed by atoms with Crippen LogP contribution in [-0.4, -0.2) is 39.1 Å². The summed E-state index contributed by atoms with van der Waals surface area (Å²) in [6.45, 7) is 9.82. The van der Waals surface area contributed by atoms with E-state index in [9.17, 15) is 9.59 Å². The minimum Gasteiger partial charge on any atom is -0.329 e. The van der Waals surface area contributed by atoms with Crippen LogP contribution in [0.15, 0.2) is 36.4 Å². The van der Waals surface area contributed by atoms with Gasteiger partial charge in [-0.3, -0.25) is 14.3 Å². The molecule has 0 fully saturated rings. The van der Waals surface area contributed by atoms with E-state index in [0.29, 0.717) is 11.4 Å². The average Bonchev–Trinajstić information content (AvgIpc) is 3.00. The Kier molecular flexibility index (Phi) is 6.88. The van der Waals surface area contributed by atoms with Crippen LogP contribution < -0.4 is 5.32 Å². The highest BCUT2D eigenvalue weighted by Gasteiger charge is 2.28. The number of alkyl halides is 1. The topological polar surface area (TPSA) is 67.2 Å². The van der Waals surface area contributed by atoms with Gasteiger partial charge >= 0.3 is 0 Å². The minimum atomic E-state index is -0.833. The predicted octanol–water partition coefficient (Wildman–Crippen LogP) is 3.87. The number of nitrogens with zero attached hydrogens (tertiary/aromatic N) is 3. The number of carbonyl (C=O) groups excluding carboxylic acids is 2. The Balaban J connectivity index is 2.11. The molecule has 0 aliphatic heterocycles. The smallest absolute Gasteiger partial charge is 0.245 e. The van der Waals surface area contributed by atoms with Crippen LogP contribution in [0.4, 0.5) is 5.82 Å². The lowest BCUT2D eigenvalue weighted by Crippen LogP contribution is -2.44. The van der Waals surface area contributed by atoms with E-state index in [1.165, 1.54) is 4.90 Å². The maximum Gasteiger partial charge on any atom is 0.245 e. The largest absolute Gasteiger partial charge is 0.329 e. The van der Waals surface area contributed by atoms with Gasteiger partial charge in [0.25, 0.3) is 0 Å². The van der Waals surface area contributed by atoms with E-state index in [2.05, 4.69) is 31.2 Å². The summed E-state index contributed by atoms with van der Waals surface area (Å²) in [5.41, 5.74) is 1.47. The number of aryl methyl sites for hydroxylation is 1. The number of rotatable bonds is 6. The summed E-state index contributed by atoms with van der Waals surface area (Å²) in [5.74, 6) is 0.0115. The molecule has 1 N–H and O–H groups in total. The third kappa shape index (κ3) is 5.35. The highest BCUT2D eigenvalue weighted by Crippen LogP contribution is 2.25. The van der Waals surface area contributed by atoms with Crippen molar-refractivity contribution in [3.8, 4) is 0 Å². The maximum atomic E-state index is 12.9. The van der Waals surface area contributed by atoms with Gasteiger partial charge in [-0.05, 0) is 19.4 Å². The van der Waals surface area contributed by atoms with Crippen molar-refractivity contribution in [2.75, 3.05) is 11.9 Å². The van der Waals surface area contributed by atoms with Gasteiger partial charge in [-0.1, -0.05) is 51.1 Å².